The summed E-state index contributed by atoms with van der Waals surface area (Å²) in [6, 6.07) is 0. The maximum absolute atomic E-state index is 11.7. The van der Waals surface area contributed by atoms with Crippen LogP contribution in [0.3, 0.4) is 0 Å². The molecule has 1 aliphatic carbocycles. The summed E-state index contributed by atoms with van der Waals surface area (Å²) in [4.78, 5) is 11.7. The molecule has 1 fully saturated rings. The number of aliphatic carboxylic acids is 1. The van der Waals surface area contributed by atoms with E-state index >= 15 is 0 Å². The van der Waals surface area contributed by atoms with Crippen LogP contribution in [-0.2, 0) is 4.79 Å². The number of rotatable bonds is 10. The average molecular weight is 411 g/mol. The van der Waals surface area contributed by atoms with Crippen molar-refractivity contribution in [2.45, 2.75) is 113 Å². The Kier molecular flexibility index (Phi) is 8.58. The molecule has 0 heterocycles. The highest BCUT2D eigenvalue weighted by atomic mass is 16.4. The molecule has 1 saturated carbocycles. The van der Waals surface area contributed by atoms with Crippen LogP contribution in [0.2, 0.25) is 0 Å². The minimum Gasteiger partial charge on any atom is -0.481 e. The molecule has 0 aromatic heterocycles. The van der Waals surface area contributed by atoms with Crippen molar-refractivity contribution in [2.75, 3.05) is 0 Å². The van der Waals surface area contributed by atoms with Crippen molar-refractivity contribution in [3.05, 3.63) is 12.2 Å². The topological polar surface area (TPSA) is 77.8 Å². The Labute approximate surface area is 178 Å². The maximum Gasteiger partial charge on any atom is 0.309 e. The number of aliphatic hydroxyl groups excluding tert-OH is 2. The molecule has 1 rings (SSSR count). The van der Waals surface area contributed by atoms with Gasteiger partial charge in [-0.3, -0.25) is 4.79 Å². The van der Waals surface area contributed by atoms with Gasteiger partial charge in [0.2, 0.25) is 0 Å². The van der Waals surface area contributed by atoms with Crippen molar-refractivity contribution < 1.29 is 20.1 Å². The molecule has 29 heavy (non-hydrogen) atoms. The fourth-order valence-corrected chi connectivity index (χ4v) is 5.96. The molecule has 0 aliphatic heterocycles. The lowest BCUT2D eigenvalue weighted by Crippen LogP contribution is -2.62. The van der Waals surface area contributed by atoms with Crippen LogP contribution < -0.4 is 0 Å². The first-order chi connectivity index (χ1) is 13.2. The van der Waals surface area contributed by atoms with Gasteiger partial charge >= 0.3 is 5.97 Å². The highest BCUT2D eigenvalue weighted by molar-refractivity contribution is 5.74. The van der Waals surface area contributed by atoms with Crippen LogP contribution in [0, 0.1) is 27.6 Å². The van der Waals surface area contributed by atoms with E-state index < -0.39 is 23.6 Å². The first-order valence-electron chi connectivity index (χ1n) is 11.4. The molecule has 0 unspecified atom stereocenters. The summed E-state index contributed by atoms with van der Waals surface area (Å²) in [6.45, 7) is 16.9. The molecule has 0 radical (unpaired) electrons. The van der Waals surface area contributed by atoms with Crippen LogP contribution in [0.4, 0.5) is 0 Å². The van der Waals surface area contributed by atoms with Gasteiger partial charge in [-0.1, -0.05) is 66.5 Å². The Balaban J connectivity index is 2.86. The number of carboxylic acids is 1. The van der Waals surface area contributed by atoms with Crippen molar-refractivity contribution in [2.24, 2.45) is 27.6 Å². The number of hydrogen-bond donors (Lipinski definition) is 3. The lowest BCUT2D eigenvalue weighted by atomic mass is 9.43. The molecule has 3 N–H and O–H groups in total. The van der Waals surface area contributed by atoms with Gasteiger partial charge in [-0.2, -0.15) is 0 Å². The number of aliphatic hydroxyl groups is 2. The van der Waals surface area contributed by atoms with E-state index in [1.54, 1.807) is 0 Å². The standard InChI is InChI=1S/C25H46O4/c1-9-11-14-23(6,21(28)29)15-12-13-18(3)16-24(7)17-19(26)20(27)22(4,5)25(24,8)10-2/h9,11,18-20,26-27H,10,12-17H2,1-8H3,(H,28,29)/b11-9+/t18-,19-,20+,23-,24+,25+/m1/s1. The molecule has 0 saturated heterocycles. The summed E-state index contributed by atoms with van der Waals surface area (Å²) >= 11 is 0. The second kappa shape index (κ2) is 9.51. The fraction of sp³-hybridized carbons (Fsp3) is 0.880. The summed E-state index contributed by atoms with van der Waals surface area (Å²) < 4.78 is 0. The smallest absolute Gasteiger partial charge is 0.309 e. The third kappa shape index (κ3) is 5.07. The van der Waals surface area contributed by atoms with Crippen molar-refractivity contribution in [3.8, 4) is 0 Å². The number of allylic oxidation sites excluding steroid dienone is 2. The second-order valence-electron chi connectivity index (χ2n) is 11.0. The first kappa shape index (κ1) is 26.2. The molecule has 6 atom stereocenters. The molecular weight excluding hydrogens is 364 g/mol. The zero-order chi connectivity index (χ0) is 22.7. The van der Waals surface area contributed by atoms with Crippen molar-refractivity contribution in [3.63, 3.8) is 0 Å². The summed E-state index contributed by atoms with van der Waals surface area (Å²) in [7, 11) is 0. The first-order valence-corrected chi connectivity index (χ1v) is 11.4. The maximum atomic E-state index is 11.7. The van der Waals surface area contributed by atoms with Crippen LogP contribution in [0.25, 0.3) is 0 Å². The van der Waals surface area contributed by atoms with E-state index in [0.717, 1.165) is 25.7 Å². The Bertz CT molecular complexity index is 583. The molecule has 0 bridgehead atoms. The van der Waals surface area contributed by atoms with Gasteiger partial charge < -0.3 is 15.3 Å². The van der Waals surface area contributed by atoms with Gasteiger partial charge in [0.05, 0.1) is 17.6 Å². The monoisotopic (exact) mass is 410 g/mol. The summed E-state index contributed by atoms with van der Waals surface area (Å²) in [5.74, 6) is -0.288. The molecule has 0 spiro atoms. The van der Waals surface area contributed by atoms with Gasteiger partial charge in [0.15, 0.2) is 0 Å². The molecule has 0 amide bonds. The van der Waals surface area contributed by atoms with Crippen molar-refractivity contribution in [1.29, 1.82) is 0 Å². The largest absolute Gasteiger partial charge is 0.481 e. The van der Waals surface area contributed by atoms with E-state index in [9.17, 15) is 20.1 Å². The Morgan fingerprint density at radius 1 is 1.24 bits per heavy atom. The zero-order valence-electron chi connectivity index (χ0n) is 20.1. The highest BCUT2D eigenvalue weighted by Crippen LogP contribution is 2.63. The van der Waals surface area contributed by atoms with Gasteiger partial charge in [0, 0.05) is 0 Å². The molecule has 0 aromatic rings. The third-order valence-electron chi connectivity index (χ3n) is 8.77. The van der Waals surface area contributed by atoms with Crippen LogP contribution in [0.15, 0.2) is 12.2 Å². The van der Waals surface area contributed by atoms with Gasteiger partial charge in [0.1, 0.15) is 0 Å². The van der Waals surface area contributed by atoms with Gasteiger partial charge in [-0.05, 0) is 68.1 Å². The predicted octanol–water partition coefficient (Wildman–Crippen LogP) is 5.81. The number of carbonyl (C=O) groups is 1. The van der Waals surface area contributed by atoms with Crippen molar-refractivity contribution >= 4 is 5.97 Å². The van der Waals surface area contributed by atoms with E-state index in [0.29, 0.717) is 25.2 Å². The minimum absolute atomic E-state index is 0.0790. The normalized spacial score (nSPS) is 35.4. The zero-order valence-corrected chi connectivity index (χ0v) is 20.1. The predicted molar refractivity (Wildman–Crippen MR) is 120 cm³/mol. The summed E-state index contributed by atoms with van der Waals surface area (Å²) in [6.07, 6.45) is 8.10. The third-order valence-corrected chi connectivity index (χ3v) is 8.77. The molecular formula is C25H46O4. The highest BCUT2D eigenvalue weighted by Gasteiger charge is 2.60. The van der Waals surface area contributed by atoms with Crippen LogP contribution in [0.5, 0.6) is 0 Å². The Morgan fingerprint density at radius 2 is 1.83 bits per heavy atom. The molecule has 0 aromatic carbocycles. The quantitative estimate of drug-likeness (QED) is 0.397. The molecule has 170 valence electrons. The Morgan fingerprint density at radius 3 is 2.31 bits per heavy atom. The molecule has 4 nitrogen and oxygen atoms in total. The fourth-order valence-electron chi connectivity index (χ4n) is 5.96. The van der Waals surface area contributed by atoms with Gasteiger partial charge in [-0.25, -0.2) is 0 Å². The van der Waals surface area contributed by atoms with E-state index in [4.69, 9.17) is 0 Å². The van der Waals surface area contributed by atoms with E-state index in [2.05, 4.69) is 41.5 Å². The van der Waals surface area contributed by atoms with E-state index in [1.165, 1.54) is 0 Å². The number of hydrogen-bond acceptors (Lipinski definition) is 3. The average Bonchev–Trinajstić information content (AvgIpc) is 2.63. The summed E-state index contributed by atoms with van der Waals surface area (Å²) in [5, 5.41) is 30.9. The van der Waals surface area contributed by atoms with Crippen LogP contribution >= 0.6 is 0 Å². The molecule has 4 heteroatoms. The van der Waals surface area contributed by atoms with Gasteiger partial charge in [0.25, 0.3) is 0 Å². The van der Waals surface area contributed by atoms with Crippen LogP contribution in [0.1, 0.15) is 100 Å². The van der Waals surface area contributed by atoms with Gasteiger partial charge in [-0.15, -0.1) is 0 Å². The lowest BCUT2D eigenvalue weighted by molar-refractivity contribution is -0.212. The van der Waals surface area contributed by atoms with Crippen molar-refractivity contribution in [1.82, 2.24) is 0 Å². The van der Waals surface area contributed by atoms with E-state index in [1.807, 2.05) is 26.0 Å². The molecule has 1 aliphatic rings. The van der Waals surface area contributed by atoms with E-state index in [-0.39, 0.29) is 16.2 Å². The lowest BCUT2D eigenvalue weighted by Gasteiger charge is -2.63. The number of carboxylic acid groups (broad SMARTS) is 1. The SMILES string of the molecule is C/C=C/C[C@](C)(CCC[C@@H](C)C[C@@]1(C)C[C@@H](O)[C@H](O)C(C)(C)[C@]1(C)CC)C(=O)O. The van der Waals surface area contributed by atoms with Crippen LogP contribution in [-0.4, -0.2) is 33.5 Å². The Hall–Kier alpha value is -0.870. The minimum atomic E-state index is -0.722. The summed E-state index contributed by atoms with van der Waals surface area (Å²) in [5.41, 5.74) is -1.25. The second-order valence-corrected chi connectivity index (χ2v) is 11.0.